The first-order valence-electron chi connectivity index (χ1n) is 6.98. The second kappa shape index (κ2) is 5.51. The molecule has 1 atom stereocenters. The third-order valence-corrected chi connectivity index (χ3v) is 4.19. The molecular weight excluding hydrogens is 270 g/mol. The Labute approximate surface area is 124 Å². The number of hydrogen-bond acceptors (Lipinski definition) is 3. The van der Waals surface area contributed by atoms with Gasteiger partial charge in [-0.3, -0.25) is 0 Å². The summed E-state index contributed by atoms with van der Waals surface area (Å²) in [6, 6.07) is 6.23. The number of hydrogen-bond donors (Lipinski definition) is 1. The van der Waals surface area contributed by atoms with E-state index in [2.05, 4.69) is 10.3 Å². The minimum atomic E-state index is 0.388. The van der Waals surface area contributed by atoms with Crippen molar-refractivity contribution in [1.29, 1.82) is 0 Å². The van der Waals surface area contributed by atoms with Gasteiger partial charge in [0.1, 0.15) is 0 Å². The summed E-state index contributed by atoms with van der Waals surface area (Å²) in [7, 11) is 2.00. The predicted molar refractivity (Wildman–Crippen MR) is 82.0 cm³/mol. The molecule has 0 aliphatic heterocycles. The van der Waals surface area contributed by atoms with Crippen molar-refractivity contribution in [3.8, 4) is 11.4 Å². The van der Waals surface area contributed by atoms with E-state index < -0.39 is 0 Å². The molecule has 4 heteroatoms. The van der Waals surface area contributed by atoms with Crippen molar-refractivity contribution >= 4 is 11.6 Å². The quantitative estimate of drug-likeness (QED) is 0.915. The molecule has 3 rings (SSSR count). The SMILES string of the molecule is CNC1CCCc2nc(-c3ccc(Cl)cc3C)ncc21. The highest BCUT2D eigenvalue weighted by Gasteiger charge is 2.21. The standard InChI is InChI=1S/C16H18ClN3/c1-10-8-11(17)6-7-12(10)16-19-9-13-14(18-2)4-3-5-15(13)20-16/h6-9,14,18H,3-5H2,1-2H3. The highest BCUT2D eigenvalue weighted by atomic mass is 35.5. The van der Waals surface area contributed by atoms with Crippen LogP contribution < -0.4 is 5.32 Å². The summed E-state index contributed by atoms with van der Waals surface area (Å²) >= 11 is 6.01. The van der Waals surface area contributed by atoms with Crippen molar-refractivity contribution in [1.82, 2.24) is 15.3 Å². The Balaban J connectivity index is 2.04. The smallest absolute Gasteiger partial charge is 0.159 e. The number of aromatic nitrogens is 2. The molecule has 0 amide bonds. The summed E-state index contributed by atoms with van der Waals surface area (Å²) in [5, 5.41) is 4.09. The average Bonchev–Trinajstić information content (AvgIpc) is 2.46. The van der Waals surface area contributed by atoms with Crippen LogP contribution in [-0.4, -0.2) is 17.0 Å². The summed E-state index contributed by atoms with van der Waals surface area (Å²) in [6.45, 7) is 2.04. The summed E-state index contributed by atoms with van der Waals surface area (Å²) in [5.41, 5.74) is 4.59. The molecule has 0 bridgehead atoms. The molecule has 1 aromatic heterocycles. The van der Waals surface area contributed by atoms with E-state index in [1.165, 1.54) is 17.7 Å². The van der Waals surface area contributed by atoms with Crippen LogP contribution in [0.3, 0.4) is 0 Å². The van der Waals surface area contributed by atoms with Gasteiger partial charge in [0, 0.05) is 34.1 Å². The second-order valence-electron chi connectivity index (χ2n) is 5.29. The van der Waals surface area contributed by atoms with Gasteiger partial charge < -0.3 is 5.32 Å². The van der Waals surface area contributed by atoms with E-state index >= 15 is 0 Å². The fraction of sp³-hybridized carbons (Fsp3) is 0.375. The molecule has 104 valence electrons. The Morgan fingerprint density at radius 2 is 2.20 bits per heavy atom. The van der Waals surface area contributed by atoms with Gasteiger partial charge in [0.15, 0.2) is 5.82 Å². The molecule has 0 saturated carbocycles. The van der Waals surface area contributed by atoms with Crippen LogP contribution in [-0.2, 0) is 6.42 Å². The zero-order valence-corrected chi connectivity index (χ0v) is 12.5. The van der Waals surface area contributed by atoms with Crippen molar-refractivity contribution in [3.63, 3.8) is 0 Å². The van der Waals surface area contributed by atoms with Gasteiger partial charge in [0.2, 0.25) is 0 Å². The maximum atomic E-state index is 6.01. The van der Waals surface area contributed by atoms with Crippen LogP contribution in [0, 0.1) is 6.92 Å². The van der Waals surface area contributed by atoms with Gasteiger partial charge in [0.05, 0.1) is 0 Å². The van der Waals surface area contributed by atoms with Gasteiger partial charge in [-0.2, -0.15) is 0 Å². The number of halogens is 1. The number of fused-ring (bicyclic) bond motifs is 1. The van der Waals surface area contributed by atoms with Crippen molar-refractivity contribution in [3.05, 3.63) is 46.2 Å². The van der Waals surface area contributed by atoms with E-state index in [1.54, 1.807) is 0 Å². The summed E-state index contributed by atoms with van der Waals surface area (Å²) in [4.78, 5) is 9.33. The topological polar surface area (TPSA) is 37.8 Å². The van der Waals surface area contributed by atoms with E-state index in [-0.39, 0.29) is 0 Å². The lowest BCUT2D eigenvalue weighted by Crippen LogP contribution is -2.22. The van der Waals surface area contributed by atoms with Crippen LogP contribution in [0.5, 0.6) is 0 Å². The van der Waals surface area contributed by atoms with Crippen molar-refractivity contribution < 1.29 is 0 Å². The zero-order chi connectivity index (χ0) is 14.1. The summed E-state index contributed by atoms with van der Waals surface area (Å²) < 4.78 is 0. The van der Waals surface area contributed by atoms with E-state index in [4.69, 9.17) is 16.6 Å². The Morgan fingerprint density at radius 1 is 1.35 bits per heavy atom. The van der Waals surface area contributed by atoms with Crippen LogP contribution in [0.1, 0.15) is 35.7 Å². The van der Waals surface area contributed by atoms with Crippen molar-refractivity contribution in [2.45, 2.75) is 32.2 Å². The molecule has 1 N–H and O–H groups in total. The number of rotatable bonds is 2. The van der Waals surface area contributed by atoms with Crippen molar-refractivity contribution in [2.24, 2.45) is 0 Å². The van der Waals surface area contributed by atoms with Crippen LogP contribution in [0.2, 0.25) is 5.02 Å². The second-order valence-corrected chi connectivity index (χ2v) is 5.72. The first-order valence-corrected chi connectivity index (χ1v) is 7.36. The van der Waals surface area contributed by atoms with Crippen LogP contribution >= 0.6 is 11.6 Å². The molecule has 3 nitrogen and oxygen atoms in total. The molecular formula is C16H18ClN3. The van der Waals surface area contributed by atoms with Gasteiger partial charge in [-0.15, -0.1) is 0 Å². The Bertz CT molecular complexity index is 640. The number of nitrogens with one attached hydrogen (secondary N) is 1. The Kier molecular flexibility index (Phi) is 3.72. The molecule has 1 aliphatic carbocycles. The van der Waals surface area contributed by atoms with Gasteiger partial charge in [-0.05, 0) is 57.0 Å². The van der Waals surface area contributed by atoms with E-state index in [0.717, 1.165) is 34.8 Å². The Morgan fingerprint density at radius 3 is 2.95 bits per heavy atom. The number of aryl methyl sites for hydroxylation is 2. The lowest BCUT2D eigenvalue weighted by Gasteiger charge is -2.24. The molecule has 0 fully saturated rings. The minimum absolute atomic E-state index is 0.388. The van der Waals surface area contributed by atoms with Crippen LogP contribution in [0.25, 0.3) is 11.4 Å². The van der Waals surface area contributed by atoms with Crippen molar-refractivity contribution in [2.75, 3.05) is 7.05 Å². The zero-order valence-electron chi connectivity index (χ0n) is 11.8. The maximum absolute atomic E-state index is 6.01. The molecule has 0 radical (unpaired) electrons. The predicted octanol–water partition coefficient (Wildman–Crippen LogP) is 3.70. The molecule has 1 heterocycles. The third-order valence-electron chi connectivity index (χ3n) is 3.96. The number of nitrogens with zero attached hydrogens (tertiary/aromatic N) is 2. The van der Waals surface area contributed by atoms with Gasteiger partial charge in [-0.25, -0.2) is 9.97 Å². The first kappa shape index (κ1) is 13.5. The largest absolute Gasteiger partial charge is 0.313 e. The normalized spacial score (nSPS) is 17.9. The lowest BCUT2D eigenvalue weighted by molar-refractivity contribution is 0.488. The van der Waals surface area contributed by atoms with Gasteiger partial charge in [-0.1, -0.05) is 11.6 Å². The van der Waals surface area contributed by atoms with E-state index in [1.807, 2.05) is 38.4 Å². The number of benzene rings is 1. The fourth-order valence-electron chi connectivity index (χ4n) is 2.85. The molecule has 2 aromatic rings. The molecule has 1 aromatic carbocycles. The highest BCUT2D eigenvalue weighted by Crippen LogP contribution is 2.30. The molecule has 0 spiro atoms. The molecule has 0 saturated heterocycles. The lowest BCUT2D eigenvalue weighted by atomic mass is 9.92. The monoisotopic (exact) mass is 287 g/mol. The van der Waals surface area contributed by atoms with Gasteiger partial charge in [0.25, 0.3) is 0 Å². The Hall–Kier alpha value is -1.45. The fourth-order valence-corrected chi connectivity index (χ4v) is 3.08. The average molecular weight is 288 g/mol. The molecule has 1 unspecified atom stereocenters. The third kappa shape index (κ3) is 2.43. The first-order chi connectivity index (χ1) is 9.69. The summed E-state index contributed by atoms with van der Waals surface area (Å²) in [6.07, 6.45) is 5.35. The van der Waals surface area contributed by atoms with Crippen LogP contribution in [0.15, 0.2) is 24.4 Å². The van der Waals surface area contributed by atoms with Crippen LogP contribution in [0.4, 0.5) is 0 Å². The van der Waals surface area contributed by atoms with E-state index in [9.17, 15) is 0 Å². The minimum Gasteiger partial charge on any atom is -0.313 e. The highest BCUT2D eigenvalue weighted by molar-refractivity contribution is 6.30. The molecule has 1 aliphatic rings. The summed E-state index contributed by atoms with van der Waals surface area (Å²) in [5.74, 6) is 0.801. The maximum Gasteiger partial charge on any atom is 0.159 e. The molecule has 20 heavy (non-hydrogen) atoms. The van der Waals surface area contributed by atoms with E-state index in [0.29, 0.717) is 6.04 Å². The van der Waals surface area contributed by atoms with Gasteiger partial charge >= 0.3 is 0 Å².